The minimum atomic E-state index is -0.943. The van der Waals surface area contributed by atoms with Crippen molar-refractivity contribution in [2.24, 2.45) is 0 Å². The van der Waals surface area contributed by atoms with Crippen LogP contribution in [0.3, 0.4) is 0 Å². The molecule has 0 aliphatic rings. The average molecular weight is 263 g/mol. The lowest BCUT2D eigenvalue weighted by Gasteiger charge is -2.04. The van der Waals surface area contributed by atoms with Crippen LogP contribution in [0, 0.1) is 6.92 Å². The Balaban J connectivity index is 1.97. The van der Waals surface area contributed by atoms with E-state index in [0.717, 1.165) is 12.1 Å². The lowest BCUT2D eigenvalue weighted by molar-refractivity contribution is 0.0697. The minimum Gasteiger partial charge on any atom is -0.478 e. The molecule has 0 spiro atoms. The summed E-state index contributed by atoms with van der Waals surface area (Å²) in [5.41, 5.74) is 1.79. The fourth-order valence-electron chi connectivity index (χ4n) is 1.59. The molecular weight excluding hydrogens is 250 g/mol. The summed E-state index contributed by atoms with van der Waals surface area (Å²) in [5, 5.41) is 12.8. The number of nitrogens with zero attached hydrogens (tertiary/aromatic N) is 2. The van der Waals surface area contributed by atoms with Crippen LogP contribution in [0.2, 0.25) is 0 Å². The highest BCUT2D eigenvalue weighted by atomic mass is 32.1. The molecule has 0 aromatic carbocycles. The highest BCUT2D eigenvalue weighted by Crippen LogP contribution is 2.24. The average Bonchev–Trinajstić information content (AvgIpc) is 2.72. The smallest absolute Gasteiger partial charge is 0.340 e. The van der Waals surface area contributed by atoms with Crippen LogP contribution in [0.25, 0.3) is 0 Å². The second-order valence-electron chi connectivity index (χ2n) is 3.78. The summed E-state index contributed by atoms with van der Waals surface area (Å²) in [6.07, 6.45) is 2.49. The molecule has 0 aliphatic heterocycles. The number of pyridine rings is 1. The quantitative estimate of drug-likeness (QED) is 0.865. The number of aromatic nitrogens is 2. The van der Waals surface area contributed by atoms with Crippen LogP contribution in [-0.2, 0) is 6.42 Å². The zero-order chi connectivity index (χ0) is 13.0. The molecule has 6 heteroatoms. The second kappa shape index (κ2) is 5.59. The van der Waals surface area contributed by atoms with Crippen LogP contribution in [0.5, 0.6) is 0 Å². The molecular formula is C12H13N3O2S. The van der Waals surface area contributed by atoms with Gasteiger partial charge in [-0.1, -0.05) is 6.07 Å². The van der Waals surface area contributed by atoms with Gasteiger partial charge in [0.1, 0.15) is 10.6 Å². The van der Waals surface area contributed by atoms with Gasteiger partial charge in [-0.25, -0.2) is 4.79 Å². The number of nitrogens with one attached hydrogen (secondary N) is 1. The molecule has 2 rings (SSSR count). The van der Waals surface area contributed by atoms with Gasteiger partial charge in [-0.15, -0.1) is 0 Å². The Morgan fingerprint density at radius 1 is 1.50 bits per heavy atom. The lowest BCUT2D eigenvalue weighted by atomic mass is 10.2. The minimum absolute atomic E-state index is 0.265. The predicted octanol–water partition coefficient (Wildman–Crippen LogP) is 2.20. The third-order valence-electron chi connectivity index (χ3n) is 2.47. The zero-order valence-corrected chi connectivity index (χ0v) is 10.7. The first-order valence-electron chi connectivity index (χ1n) is 5.52. The highest BCUT2D eigenvalue weighted by molar-refractivity contribution is 7.10. The lowest BCUT2D eigenvalue weighted by Crippen LogP contribution is -2.08. The Morgan fingerprint density at radius 3 is 3.00 bits per heavy atom. The van der Waals surface area contributed by atoms with E-state index in [1.165, 1.54) is 11.5 Å². The predicted molar refractivity (Wildman–Crippen MR) is 70.2 cm³/mol. The van der Waals surface area contributed by atoms with Crippen LogP contribution >= 0.6 is 11.5 Å². The summed E-state index contributed by atoms with van der Waals surface area (Å²) in [6, 6.07) is 5.74. The Kier molecular flexibility index (Phi) is 3.88. The molecule has 0 bridgehead atoms. The van der Waals surface area contributed by atoms with E-state index in [0.29, 0.717) is 17.2 Å². The second-order valence-corrected chi connectivity index (χ2v) is 4.55. The van der Waals surface area contributed by atoms with Crippen molar-refractivity contribution in [2.75, 3.05) is 11.9 Å². The molecule has 94 valence electrons. The number of aryl methyl sites for hydroxylation is 1. The van der Waals surface area contributed by atoms with Crippen LogP contribution in [0.4, 0.5) is 5.00 Å². The maximum atomic E-state index is 11.1. The number of hydrogen-bond acceptors (Lipinski definition) is 5. The molecule has 0 saturated heterocycles. The number of carboxylic acids is 1. The molecule has 0 radical (unpaired) electrons. The molecule has 0 fully saturated rings. The normalized spacial score (nSPS) is 10.3. The van der Waals surface area contributed by atoms with Crippen molar-refractivity contribution >= 4 is 22.5 Å². The van der Waals surface area contributed by atoms with Gasteiger partial charge in [-0.2, -0.15) is 4.37 Å². The molecule has 5 nitrogen and oxygen atoms in total. The van der Waals surface area contributed by atoms with E-state index in [1.807, 2.05) is 18.2 Å². The molecule has 2 aromatic heterocycles. The van der Waals surface area contributed by atoms with Gasteiger partial charge in [0.05, 0.1) is 5.69 Å². The van der Waals surface area contributed by atoms with Gasteiger partial charge in [0.15, 0.2) is 0 Å². The van der Waals surface area contributed by atoms with E-state index in [-0.39, 0.29) is 5.56 Å². The largest absolute Gasteiger partial charge is 0.478 e. The Hall–Kier alpha value is -1.95. The van der Waals surface area contributed by atoms with Crippen LogP contribution < -0.4 is 5.32 Å². The van der Waals surface area contributed by atoms with Crippen molar-refractivity contribution in [3.05, 3.63) is 41.3 Å². The van der Waals surface area contributed by atoms with Gasteiger partial charge in [0.2, 0.25) is 0 Å². The van der Waals surface area contributed by atoms with E-state index in [4.69, 9.17) is 5.11 Å². The van der Waals surface area contributed by atoms with Gasteiger partial charge >= 0.3 is 5.97 Å². The third-order valence-corrected chi connectivity index (χ3v) is 3.37. The Morgan fingerprint density at radius 2 is 2.33 bits per heavy atom. The first-order valence-corrected chi connectivity index (χ1v) is 6.29. The highest BCUT2D eigenvalue weighted by Gasteiger charge is 2.16. The van der Waals surface area contributed by atoms with Crippen LogP contribution in [-0.4, -0.2) is 27.0 Å². The summed E-state index contributed by atoms with van der Waals surface area (Å²) in [5.74, 6) is -0.943. The van der Waals surface area contributed by atoms with Gasteiger partial charge in [-0.3, -0.25) is 4.98 Å². The zero-order valence-electron chi connectivity index (χ0n) is 9.88. The number of aromatic carboxylic acids is 1. The van der Waals surface area contributed by atoms with Crippen LogP contribution in [0.15, 0.2) is 24.4 Å². The standard InChI is InChI=1S/C12H13N3O2S/c1-8-10(12(16)17)11(18-15-8)14-7-5-9-4-2-3-6-13-9/h2-4,6,14H,5,7H2,1H3,(H,16,17). The summed E-state index contributed by atoms with van der Waals surface area (Å²) in [4.78, 5) is 15.3. The molecule has 0 aliphatic carbocycles. The van der Waals surface area contributed by atoms with Crippen molar-refractivity contribution in [1.82, 2.24) is 9.36 Å². The molecule has 2 aromatic rings. The number of rotatable bonds is 5. The molecule has 0 atom stereocenters. The maximum absolute atomic E-state index is 11.1. The van der Waals surface area contributed by atoms with Crippen LogP contribution in [0.1, 0.15) is 21.7 Å². The van der Waals surface area contributed by atoms with Gasteiger partial charge in [0.25, 0.3) is 0 Å². The van der Waals surface area contributed by atoms with E-state index in [9.17, 15) is 4.79 Å². The van der Waals surface area contributed by atoms with Gasteiger partial charge in [-0.05, 0) is 30.6 Å². The SMILES string of the molecule is Cc1nsc(NCCc2ccccn2)c1C(=O)O. The van der Waals surface area contributed by atoms with Crippen molar-refractivity contribution in [1.29, 1.82) is 0 Å². The van der Waals surface area contributed by atoms with Crippen molar-refractivity contribution in [3.63, 3.8) is 0 Å². The number of carbonyl (C=O) groups is 1. The van der Waals surface area contributed by atoms with Crippen molar-refractivity contribution in [2.45, 2.75) is 13.3 Å². The maximum Gasteiger partial charge on any atom is 0.340 e. The fourth-order valence-corrected chi connectivity index (χ4v) is 2.40. The number of hydrogen-bond donors (Lipinski definition) is 2. The Bertz CT molecular complexity index is 540. The first-order chi connectivity index (χ1) is 8.68. The van der Waals surface area contributed by atoms with E-state index in [1.54, 1.807) is 13.1 Å². The monoisotopic (exact) mass is 263 g/mol. The summed E-state index contributed by atoms with van der Waals surface area (Å²) in [6.45, 7) is 2.34. The molecule has 2 heterocycles. The number of anilines is 1. The van der Waals surface area contributed by atoms with Crippen molar-refractivity contribution in [3.8, 4) is 0 Å². The Labute approximate surface area is 109 Å². The molecule has 0 amide bonds. The topological polar surface area (TPSA) is 75.1 Å². The summed E-state index contributed by atoms with van der Waals surface area (Å²) in [7, 11) is 0. The summed E-state index contributed by atoms with van der Waals surface area (Å²) >= 11 is 1.18. The number of carboxylic acid groups (broad SMARTS) is 1. The molecule has 0 unspecified atom stereocenters. The molecule has 0 saturated carbocycles. The van der Waals surface area contributed by atoms with E-state index < -0.39 is 5.97 Å². The third kappa shape index (κ3) is 2.84. The first kappa shape index (κ1) is 12.5. The van der Waals surface area contributed by atoms with E-state index >= 15 is 0 Å². The van der Waals surface area contributed by atoms with E-state index in [2.05, 4.69) is 14.7 Å². The van der Waals surface area contributed by atoms with Crippen molar-refractivity contribution < 1.29 is 9.90 Å². The molecule has 2 N–H and O–H groups in total. The summed E-state index contributed by atoms with van der Waals surface area (Å²) < 4.78 is 4.05. The van der Waals surface area contributed by atoms with Gasteiger partial charge in [0, 0.05) is 24.9 Å². The molecule has 18 heavy (non-hydrogen) atoms. The van der Waals surface area contributed by atoms with Gasteiger partial charge < -0.3 is 10.4 Å². The fraction of sp³-hybridized carbons (Fsp3) is 0.250.